The maximum absolute atomic E-state index is 11.8. The van der Waals surface area contributed by atoms with Gasteiger partial charge in [-0.25, -0.2) is 4.98 Å². The lowest BCUT2D eigenvalue weighted by Crippen LogP contribution is -2.49. The molecular formula is C23H33N3O4. The largest absolute Gasteiger partial charge is 0.480 e. The SMILES string of the molecule is CCCCc1ccc(Cn2cncc2CC(NC(CC(C)C)C(=O)O)C(=O)O)cc1. The number of carboxylic acids is 2. The van der Waals surface area contributed by atoms with Gasteiger partial charge in [-0.1, -0.05) is 51.5 Å². The summed E-state index contributed by atoms with van der Waals surface area (Å²) in [6.07, 6.45) is 7.25. The number of nitrogens with one attached hydrogen (secondary N) is 1. The molecule has 3 N–H and O–H groups in total. The number of nitrogens with zero attached hydrogens (tertiary/aromatic N) is 2. The number of hydrogen-bond acceptors (Lipinski definition) is 4. The van der Waals surface area contributed by atoms with E-state index < -0.39 is 24.0 Å². The van der Waals surface area contributed by atoms with Crippen molar-refractivity contribution >= 4 is 11.9 Å². The molecule has 0 aliphatic rings. The van der Waals surface area contributed by atoms with Gasteiger partial charge in [0.25, 0.3) is 0 Å². The van der Waals surface area contributed by atoms with Gasteiger partial charge in [0.15, 0.2) is 0 Å². The molecule has 164 valence electrons. The number of unbranched alkanes of at least 4 members (excludes halogenated alkanes) is 1. The van der Waals surface area contributed by atoms with Crippen LogP contribution in [0.1, 0.15) is 56.9 Å². The van der Waals surface area contributed by atoms with Gasteiger partial charge in [-0.3, -0.25) is 14.9 Å². The quantitative estimate of drug-likeness (QED) is 0.463. The fraction of sp³-hybridized carbons (Fsp3) is 0.522. The average Bonchev–Trinajstić information content (AvgIpc) is 3.12. The van der Waals surface area contributed by atoms with Crippen molar-refractivity contribution in [3.8, 4) is 0 Å². The van der Waals surface area contributed by atoms with E-state index in [0.29, 0.717) is 13.0 Å². The third kappa shape index (κ3) is 7.30. The Hall–Kier alpha value is -2.67. The Morgan fingerprint density at radius 1 is 1.07 bits per heavy atom. The zero-order valence-electron chi connectivity index (χ0n) is 18.0. The van der Waals surface area contributed by atoms with Crippen LogP contribution in [0.15, 0.2) is 36.8 Å². The van der Waals surface area contributed by atoms with Crippen molar-refractivity contribution in [1.29, 1.82) is 0 Å². The Kier molecular flexibility index (Phi) is 9.05. The molecule has 0 radical (unpaired) electrons. The topological polar surface area (TPSA) is 104 Å². The molecule has 0 amide bonds. The van der Waals surface area contributed by atoms with E-state index in [2.05, 4.69) is 41.5 Å². The van der Waals surface area contributed by atoms with Crippen molar-refractivity contribution in [2.45, 2.75) is 71.5 Å². The van der Waals surface area contributed by atoms with Gasteiger partial charge < -0.3 is 14.8 Å². The van der Waals surface area contributed by atoms with Crippen LogP contribution in [0.2, 0.25) is 0 Å². The summed E-state index contributed by atoms with van der Waals surface area (Å²) in [6.45, 7) is 6.59. The molecule has 0 fully saturated rings. The molecule has 30 heavy (non-hydrogen) atoms. The summed E-state index contributed by atoms with van der Waals surface area (Å²) in [5.41, 5.74) is 3.17. The normalized spacial score (nSPS) is 13.3. The van der Waals surface area contributed by atoms with E-state index in [0.717, 1.165) is 17.7 Å². The minimum Gasteiger partial charge on any atom is -0.480 e. The van der Waals surface area contributed by atoms with Crippen molar-refractivity contribution in [2.75, 3.05) is 0 Å². The molecule has 1 aromatic carbocycles. The molecule has 2 atom stereocenters. The highest BCUT2D eigenvalue weighted by Crippen LogP contribution is 2.13. The van der Waals surface area contributed by atoms with Gasteiger partial charge in [0.05, 0.1) is 6.33 Å². The number of benzene rings is 1. The van der Waals surface area contributed by atoms with Gasteiger partial charge in [0.2, 0.25) is 0 Å². The number of carboxylic acid groups (broad SMARTS) is 2. The van der Waals surface area contributed by atoms with Crippen LogP contribution in [-0.2, 0) is 29.0 Å². The minimum absolute atomic E-state index is 0.138. The standard InChI is InChI=1S/C23H33N3O4/c1-4-5-6-17-7-9-18(10-8-17)14-26-15-24-13-19(26)12-21(23(29)30)25-20(22(27)28)11-16(2)3/h7-10,13,15-16,20-21,25H,4-6,11-12,14H2,1-3H3,(H,27,28)(H,29,30). The Labute approximate surface area is 178 Å². The molecule has 0 aliphatic heterocycles. The van der Waals surface area contributed by atoms with E-state index >= 15 is 0 Å². The molecule has 0 aliphatic carbocycles. The van der Waals surface area contributed by atoms with Gasteiger partial charge in [-0.2, -0.15) is 0 Å². The van der Waals surface area contributed by atoms with E-state index in [1.54, 1.807) is 12.5 Å². The van der Waals surface area contributed by atoms with Crippen LogP contribution < -0.4 is 5.32 Å². The highest BCUT2D eigenvalue weighted by molar-refractivity contribution is 5.77. The lowest BCUT2D eigenvalue weighted by Gasteiger charge is -2.22. The summed E-state index contributed by atoms with van der Waals surface area (Å²) >= 11 is 0. The number of aliphatic carboxylic acids is 2. The fourth-order valence-corrected chi connectivity index (χ4v) is 3.43. The smallest absolute Gasteiger partial charge is 0.321 e. The molecule has 0 bridgehead atoms. The van der Waals surface area contributed by atoms with E-state index in [-0.39, 0.29) is 12.3 Å². The van der Waals surface area contributed by atoms with Crippen LogP contribution in [0.3, 0.4) is 0 Å². The third-order valence-corrected chi connectivity index (χ3v) is 5.11. The number of hydrogen-bond donors (Lipinski definition) is 3. The first kappa shape index (κ1) is 23.6. The molecule has 7 nitrogen and oxygen atoms in total. The van der Waals surface area contributed by atoms with Gasteiger partial charge in [-0.05, 0) is 36.3 Å². The number of imidazole rings is 1. The predicted molar refractivity (Wildman–Crippen MR) is 116 cm³/mol. The maximum atomic E-state index is 11.8. The molecule has 0 spiro atoms. The van der Waals surface area contributed by atoms with Gasteiger partial charge in [0.1, 0.15) is 12.1 Å². The number of carbonyl (C=O) groups is 2. The second kappa shape index (κ2) is 11.5. The number of aryl methyl sites for hydroxylation is 1. The molecule has 0 saturated heterocycles. The lowest BCUT2D eigenvalue weighted by atomic mass is 10.0. The van der Waals surface area contributed by atoms with Crippen LogP contribution in [-0.4, -0.2) is 43.8 Å². The molecule has 7 heteroatoms. The van der Waals surface area contributed by atoms with Crippen LogP contribution in [0, 0.1) is 5.92 Å². The van der Waals surface area contributed by atoms with Crippen molar-refractivity contribution < 1.29 is 19.8 Å². The third-order valence-electron chi connectivity index (χ3n) is 5.11. The summed E-state index contributed by atoms with van der Waals surface area (Å²) in [6, 6.07) is 6.53. The van der Waals surface area contributed by atoms with Crippen LogP contribution >= 0.6 is 0 Å². The van der Waals surface area contributed by atoms with Crippen LogP contribution in [0.25, 0.3) is 0 Å². The van der Waals surface area contributed by atoms with Crippen molar-refractivity contribution in [3.05, 3.63) is 53.6 Å². The predicted octanol–water partition coefficient (Wildman–Crippen LogP) is 3.36. The molecule has 1 aromatic heterocycles. The highest BCUT2D eigenvalue weighted by Gasteiger charge is 2.27. The number of rotatable bonds is 13. The Balaban J connectivity index is 2.08. The molecule has 2 aromatic rings. The van der Waals surface area contributed by atoms with Gasteiger partial charge in [0, 0.05) is 24.9 Å². The second-order valence-electron chi connectivity index (χ2n) is 8.21. The number of aromatic nitrogens is 2. The highest BCUT2D eigenvalue weighted by atomic mass is 16.4. The zero-order valence-corrected chi connectivity index (χ0v) is 18.0. The molecule has 2 unspecified atom stereocenters. The Morgan fingerprint density at radius 2 is 1.70 bits per heavy atom. The molecular weight excluding hydrogens is 382 g/mol. The van der Waals surface area contributed by atoms with Crippen molar-refractivity contribution in [1.82, 2.24) is 14.9 Å². The molecule has 2 rings (SSSR count). The fourth-order valence-electron chi connectivity index (χ4n) is 3.43. The first-order valence-corrected chi connectivity index (χ1v) is 10.6. The monoisotopic (exact) mass is 415 g/mol. The average molecular weight is 416 g/mol. The summed E-state index contributed by atoms with van der Waals surface area (Å²) in [7, 11) is 0. The lowest BCUT2D eigenvalue weighted by molar-refractivity contribution is -0.142. The Morgan fingerprint density at radius 3 is 2.27 bits per heavy atom. The van der Waals surface area contributed by atoms with Gasteiger partial charge >= 0.3 is 11.9 Å². The minimum atomic E-state index is -1.07. The molecule has 0 saturated carbocycles. The van der Waals surface area contributed by atoms with E-state index in [4.69, 9.17) is 0 Å². The molecule has 1 heterocycles. The Bertz CT molecular complexity index is 814. The van der Waals surface area contributed by atoms with Crippen molar-refractivity contribution in [3.63, 3.8) is 0 Å². The van der Waals surface area contributed by atoms with Crippen molar-refractivity contribution in [2.24, 2.45) is 5.92 Å². The van der Waals surface area contributed by atoms with Gasteiger partial charge in [-0.15, -0.1) is 0 Å². The first-order chi connectivity index (χ1) is 14.3. The maximum Gasteiger partial charge on any atom is 0.321 e. The zero-order chi connectivity index (χ0) is 22.1. The van der Waals surface area contributed by atoms with E-state index in [1.807, 2.05) is 18.4 Å². The summed E-state index contributed by atoms with van der Waals surface area (Å²) in [5, 5.41) is 21.9. The summed E-state index contributed by atoms with van der Waals surface area (Å²) < 4.78 is 1.91. The van der Waals surface area contributed by atoms with Crippen LogP contribution in [0.4, 0.5) is 0 Å². The van der Waals surface area contributed by atoms with E-state index in [1.165, 1.54) is 18.4 Å². The summed E-state index contributed by atoms with van der Waals surface area (Å²) in [5.74, 6) is -1.97. The second-order valence-corrected chi connectivity index (χ2v) is 8.21. The first-order valence-electron chi connectivity index (χ1n) is 10.6. The van der Waals surface area contributed by atoms with Crippen LogP contribution in [0.5, 0.6) is 0 Å². The summed E-state index contributed by atoms with van der Waals surface area (Å²) in [4.78, 5) is 27.5. The van der Waals surface area contributed by atoms with E-state index in [9.17, 15) is 19.8 Å².